The van der Waals surface area contributed by atoms with E-state index < -0.39 is 0 Å². The van der Waals surface area contributed by atoms with Crippen molar-refractivity contribution in [2.45, 2.75) is 219 Å². The van der Waals surface area contributed by atoms with Crippen LogP contribution in [0.1, 0.15) is 213 Å². The summed E-state index contributed by atoms with van der Waals surface area (Å²) in [5.74, 6) is 0. The fraction of sp³-hybridized carbons (Fsp3) is 0.949. The van der Waals surface area contributed by atoms with Crippen LogP contribution in [-0.2, 0) is 9.59 Å². The Kier molecular flexibility index (Phi) is 25.1. The number of isocyanates is 2. The van der Waals surface area contributed by atoms with Gasteiger partial charge in [-0.15, -0.1) is 0 Å². The predicted octanol–water partition coefficient (Wildman–Crippen LogP) is 12.8. The first-order valence-electron chi connectivity index (χ1n) is 19.2. The Morgan fingerprint density at radius 2 is 0.837 bits per heavy atom. The molecule has 0 radical (unpaired) electrons. The van der Waals surface area contributed by atoms with E-state index in [0.29, 0.717) is 6.54 Å². The third-order valence-electron chi connectivity index (χ3n) is 10.5. The number of unbranched alkanes of at least 4 members (excludes halogenated alkanes) is 21. The summed E-state index contributed by atoms with van der Waals surface area (Å²) >= 11 is 0. The molecule has 0 bridgehead atoms. The van der Waals surface area contributed by atoms with Gasteiger partial charge in [0.15, 0.2) is 0 Å². The molecular formula is C39H72N2O2. The highest BCUT2D eigenvalue weighted by Crippen LogP contribution is 2.55. The number of hydrogen-bond acceptors (Lipinski definition) is 4. The van der Waals surface area contributed by atoms with Gasteiger partial charge < -0.3 is 0 Å². The second-order valence-corrected chi connectivity index (χ2v) is 14.5. The quantitative estimate of drug-likeness (QED) is 0.0468. The molecule has 4 heteroatoms. The van der Waals surface area contributed by atoms with Crippen LogP contribution < -0.4 is 0 Å². The molecule has 43 heavy (non-hydrogen) atoms. The van der Waals surface area contributed by atoms with Crippen LogP contribution >= 0.6 is 0 Å². The van der Waals surface area contributed by atoms with E-state index in [2.05, 4.69) is 30.8 Å². The van der Waals surface area contributed by atoms with Gasteiger partial charge >= 0.3 is 0 Å². The van der Waals surface area contributed by atoms with Crippen LogP contribution in [0, 0.1) is 10.8 Å². The van der Waals surface area contributed by atoms with Gasteiger partial charge in [0, 0.05) is 0 Å². The van der Waals surface area contributed by atoms with Crippen molar-refractivity contribution in [2.75, 3.05) is 6.54 Å². The average Bonchev–Trinajstić information content (AvgIpc) is 3.00. The third-order valence-corrected chi connectivity index (χ3v) is 10.5. The van der Waals surface area contributed by atoms with Crippen molar-refractivity contribution in [1.82, 2.24) is 0 Å². The van der Waals surface area contributed by atoms with Crippen molar-refractivity contribution in [3.63, 3.8) is 0 Å². The lowest BCUT2D eigenvalue weighted by Crippen LogP contribution is -2.44. The van der Waals surface area contributed by atoms with Crippen LogP contribution in [0.2, 0.25) is 0 Å². The summed E-state index contributed by atoms with van der Waals surface area (Å²) in [7, 11) is 0. The molecular weight excluding hydrogens is 528 g/mol. The highest BCUT2D eigenvalue weighted by atomic mass is 16.1. The summed E-state index contributed by atoms with van der Waals surface area (Å²) in [5, 5.41) is 0. The standard InChI is InChI=1S/C39H72N2O2/c1-4-7-10-13-16-19-22-25-28-38(29-26-23-20-17-14-11-8-5-2)31-37(41-36-43)32-39(33-38,34-40-35-42)30-27-24-21-18-15-12-9-6-3/h37H,4-34H2,1-3H3. The van der Waals surface area contributed by atoms with E-state index in [0.717, 1.165) is 25.7 Å². The van der Waals surface area contributed by atoms with Crippen molar-refractivity contribution >= 4 is 12.2 Å². The first-order valence-corrected chi connectivity index (χ1v) is 19.2. The molecule has 0 heterocycles. The zero-order valence-corrected chi connectivity index (χ0v) is 29.2. The van der Waals surface area contributed by atoms with Gasteiger partial charge in [-0.3, -0.25) is 0 Å². The Labute approximate surface area is 268 Å². The number of hydrogen-bond donors (Lipinski definition) is 0. The van der Waals surface area contributed by atoms with Gasteiger partial charge in [0.25, 0.3) is 0 Å². The smallest absolute Gasteiger partial charge is 0.211 e. The van der Waals surface area contributed by atoms with Crippen molar-refractivity contribution < 1.29 is 9.59 Å². The number of rotatable bonds is 30. The molecule has 1 rings (SSSR count). The van der Waals surface area contributed by atoms with Gasteiger partial charge in [-0.1, -0.05) is 175 Å². The SMILES string of the molecule is CCCCCCCCCCC1(CCCCCCCCCC)CC(N=C=O)CC(CCCCCCCCCC)(CN=C=O)C1. The highest BCUT2D eigenvalue weighted by molar-refractivity contribution is 5.34. The van der Waals surface area contributed by atoms with Crippen LogP contribution in [0.25, 0.3) is 0 Å². The third kappa shape index (κ3) is 19.7. The van der Waals surface area contributed by atoms with Crippen LogP contribution in [0.15, 0.2) is 9.98 Å². The molecule has 0 aromatic carbocycles. The zero-order chi connectivity index (χ0) is 31.3. The first kappa shape index (κ1) is 39.8. The molecule has 1 fully saturated rings. The van der Waals surface area contributed by atoms with Crippen molar-refractivity contribution in [3.05, 3.63) is 0 Å². The molecule has 1 saturated carbocycles. The largest absolute Gasteiger partial charge is 0.235 e. The van der Waals surface area contributed by atoms with Crippen LogP contribution in [-0.4, -0.2) is 24.7 Å². The van der Waals surface area contributed by atoms with Crippen molar-refractivity contribution in [3.8, 4) is 0 Å². The van der Waals surface area contributed by atoms with E-state index in [1.165, 1.54) is 167 Å². The monoisotopic (exact) mass is 601 g/mol. The zero-order valence-electron chi connectivity index (χ0n) is 29.2. The molecule has 1 aliphatic rings. The molecule has 0 spiro atoms. The van der Waals surface area contributed by atoms with E-state index in [-0.39, 0.29) is 16.9 Å². The van der Waals surface area contributed by atoms with Gasteiger partial charge in [-0.05, 0) is 49.4 Å². The van der Waals surface area contributed by atoms with Gasteiger partial charge in [0.2, 0.25) is 12.2 Å². The lowest BCUT2D eigenvalue weighted by molar-refractivity contribution is 0.0242. The van der Waals surface area contributed by atoms with Crippen LogP contribution in [0.3, 0.4) is 0 Å². The predicted molar refractivity (Wildman–Crippen MR) is 185 cm³/mol. The van der Waals surface area contributed by atoms with E-state index in [1.54, 1.807) is 0 Å². The molecule has 0 saturated heterocycles. The summed E-state index contributed by atoms with van der Waals surface area (Å²) < 4.78 is 0. The number of nitrogens with zero attached hydrogens (tertiary/aromatic N) is 2. The summed E-state index contributed by atoms with van der Waals surface area (Å²) in [6.07, 6.45) is 42.2. The Bertz CT molecular complexity index is 720. The molecule has 0 amide bonds. The molecule has 0 aromatic heterocycles. The molecule has 4 nitrogen and oxygen atoms in total. The Hall–Kier alpha value is -1.24. The number of carbonyl (C=O) groups excluding carboxylic acids is 2. The molecule has 250 valence electrons. The van der Waals surface area contributed by atoms with Crippen LogP contribution in [0.4, 0.5) is 0 Å². The first-order chi connectivity index (χ1) is 21.1. The maximum Gasteiger partial charge on any atom is 0.235 e. The number of aliphatic imine (C=N–C) groups is 2. The van der Waals surface area contributed by atoms with Gasteiger partial charge in [-0.2, -0.15) is 0 Å². The highest BCUT2D eigenvalue weighted by Gasteiger charge is 2.47. The Morgan fingerprint density at radius 3 is 1.21 bits per heavy atom. The molecule has 2 unspecified atom stereocenters. The minimum Gasteiger partial charge on any atom is -0.211 e. The van der Waals surface area contributed by atoms with E-state index in [1.807, 2.05) is 12.2 Å². The molecule has 0 aliphatic heterocycles. The normalized spacial score (nSPS) is 19.6. The van der Waals surface area contributed by atoms with Gasteiger partial charge in [-0.25, -0.2) is 19.6 Å². The molecule has 0 N–H and O–H groups in total. The van der Waals surface area contributed by atoms with E-state index in [9.17, 15) is 9.59 Å². The van der Waals surface area contributed by atoms with Crippen molar-refractivity contribution in [2.24, 2.45) is 20.8 Å². The summed E-state index contributed by atoms with van der Waals surface area (Å²) in [4.78, 5) is 31.5. The van der Waals surface area contributed by atoms with E-state index >= 15 is 0 Å². The fourth-order valence-electron chi connectivity index (χ4n) is 8.17. The second kappa shape index (κ2) is 27.1. The summed E-state index contributed by atoms with van der Waals surface area (Å²) in [5.41, 5.74) is 0.162. The minimum absolute atomic E-state index is 0.0187. The van der Waals surface area contributed by atoms with E-state index in [4.69, 9.17) is 0 Å². The lowest BCUT2D eigenvalue weighted by atomic mass is 9.56. The topological polar surface area (TPSA) is 58.9 Å². The second-order valence-electron chi connectivity index (χ2n) is 14.5. The molecule has 2 atom stereocenters. The minimum atomic E-state index is -0.0385. The maximum atomic E-state index is 11.6. The van der Waals surface area contributed by atoms with Crippen molar-refractivity contribution in [1.29, 1.82) is 0 Å². The molecule has 1 aliphatic carbocycles. The molecule has 0 aromatic rings. The lowest BCUT2D eigenvalue weighted by Gasteiger charge is -2.50. The average molecular weight is 601 g/mol. The summed E-state index contributed by atoms with van der Waals surface area (Å²) in [6.45, 7) is 7.39. The van der Waals surface area contributed by atoms with Gasteiger partial charge in [0.1, 0.15) is 0 Å². The fourth-order valence-corrected chi connectivity index (χ4v) is 8.17. The van der Waals surface area contributed by atoms with Gasteiger partial charge in [0.05, 0.1) is 12.6 Å². The summed E-state index contributed by atoms with van der Waals surface area (Å²) in [6, 6.07) is 0.0187. The maximum absolute atomic E-state index is 11.6. The van der Waals surface area contributed by atoms with Crippen LogP contribution in [0.5, 0.6) is 0 Å². The Balaban J connectivity index is 2.91. The Morgan fingerprint density at radius 1 is 0.488 bits per heavy atom.